The topological polar surface area (TPSA) is 8.17 Å². The van der Waals surface area contributed by atoms with Crippen LogP contribution in [0.2, 0.25) is 0 Å². The lowest BCUT2D eigenvalue weighted by molar-refractivity contribution is 1.18. The second-order valence-corrected chi connectivity index (χ2v) is 16.3. The van der Waals surface area contributed by atoms with Gasteiger partial charge in [-0.3, -0.25) is 0 Å². The van der Waals surface area contributed by atoms with E-state index in [1.807, 2.05) is 11.3 Å². The molecule has 0 spiro atoms. The van der Waals surface area contributed by atoms with Gasteiger partial charge in [-0.1, -0.05) is 158 Å². The van der Waals surface area contributed by atoms with Crippen molar-refractivity contribution in [2.45, 2.75) is 0 Å². The van der Waals surface area contributed by atoms with E-state index in [-0.39, 0.29) is 0 Å². The summed E-state index contributed by atoms with van der Waals surface area (Å²) >= 11 is 1.88. The highest BCUT2D eigenvalue weighted by atomic mass is 32.1. The van der Waals surface area contributed by atoms with Crippen molar-refractivity contribution in [3.8, 4) is 27.9 Å². The SMILES string of the molecule is c1ccc(N(c2cccc(-c3cccc4c3ccc3ccccc34)c2)c2ccc(-c3cccc(-n4c5ccccc5c5ccccc54)c3)c3sc4ccccc4c23)cc1. The molecule has 2 heterocycles. The van der Waals surface area contributed by atoms with Crippen molar-refractivity contribution in [1.82, 2.24) is 4.57 Å². The van der Waals surface area contributed by atoms with Crippen molar-refractivity contribution in [2.24, 2.45) is 0 Å². The average molecular weight is 769 g/mol. The number of nitrogens with zero attached hydrogens (tertiary/aromatic N) is 2. The Bertz CT molecular complexity index is 3520. The Morgan fingerprint density at radius 2 is 1.00 bits per heavy atom. The molecule has 0 aliphatic carbocycles. The van der Waals surface area contributed by atoms with Gasteiger partial charge in [0.25, 0.3) is 0 Å². The number of thiophene rings is 1. The van der Waals surface area contributed by atoms with E-state index >= 15 is 0 Å². The normalized spacial score (nSPS) is 11.7. The number of anilines is 3. The van der Waals surface area contributed by atoms with E-state index in [9.17, 15) is 0 Å². The first-order chi connectivity index (χ1) is 29.3. The second kappa shape index (κ2) is 13.6. The van der Waals surface area contributed by atoms with Crippen LogP contribution in [0.25, 0.3) is 91.5 Å². The summed E-state index contributed by atoms with van der Waals surface area (Å²) in [6.07, 6.45) is 0. The molecule has 12 rings (SSSR count). The van der Waals surface area contributed by atoms with Crippen LogP contribution in [0.3, 0.4) is 0 Å². The van der Waals surface area contributed by atoms with Crippen LogP contribution in [0.5, 0.6) is 0 Å². The molecule has 0 atom stereocenters. The highest BCUT2D eigenvalue weighted by Gasteiger charge is 2.22. The third-order valence-electron chi connectivity index (χ3n) is 12.0. The maximum atomic E-state index is 2.45. The Morgan fingerprint density at radius 1 is 0.373 bits per heavy atom. The summed E-state index contributed by atoms with van der Waals surface area (Å²) in [6, 6.07) is 79.9. The number of aromatic nitrogens is 1. The predicted octanol–water partition coefficient (Wildman–Crippen LogP) is 16.3. The van der Waals surface area contributed by atoms with Crippen LogP contribution < -0.4 is 4.90 Å². The first-order valence-electron chi connectivity index (χ1n) is 20.2. The van der Waals surface area contributed by atoms with Crippen LogP contribution in [0.1, 0.15) is 0 Å². The highest BCUT2D eigenvalue weighted by Crippen LogP contribution is 2.49. The predicted molar refractivity (Wildman–Crippen MR) is 254 cm³/mol. The highest BCUT2D eigenvalue weighted by molar-refractivity contribution is 7.26. The lowest BCUT2D eigenvalue weighted by Gasteiger charge is -2.27. The fourth-order valence-electron chi connectivity index (χ4n) is 9.35. The first-order valence-corrected chi connectivity index (χ1v) is 21.0. The fraction of sp³-hybridized carbons (Fsp3) is 0. The van der Waals surface area contributed by atoms with Gasteiger partial charge in [0.2, 0.25) is 0 Å². The van der Waals surface area contributed by atoms with Crippen molar-refractivity contribution in [3.05, 3.63) is 218 Å². The molecule has 59 heavy (non-hydrogen) atoms. The molecule has 0 saturated carbocycles. The molecule has 0 fully saturated rings. The van der Waals surface area contributed by atoms with Crippen LogP contribution in [0, 0.1) is 0 Å². The van der Waals surface area contributed by atoms with E-state index in [2.05, 4.69) is 228 Å². The summed E-state index contributed by atoms with van der Waals surface area (Å²) in [5, 5.41) is 10.1. The molecule has 0 radical (unpaired) electrons. The fourth-order valence-corrected chi connectivity index (χ4v) is 10.6. The van der Waals surface area contributed by atoms with Gasteiger partial charge in [0.15, 0.2) is 0 Å². The summed E-state index contributed by atoms with van der Waals surface area (Å²) in [6.45, 7) is 0. The lowest BCUT2D eigenvalue weighted by atomic mass is 9.94. The van der Waals surface area contributed by atoms with Gasteiger partial charge in [-0.15, -0.1) is 11.3 Å². The monoisotopic (exact) mass is 768 g/mol. The van der Waals surface area contributed by atoms with Gasteiger partial charge in [-0.05, 0) is 104 Å². The van der Waals surface area contributed by atoms with Crippen LogP contribution in [0.15, 0.2) is 218 Å². The number of para-hydroxylation sites is 3. The van der Waals surface area contributed by atoms with Crippen LogP contribution >= 0.6 is 11.3 Å². The first kappa shape index (κ1) is 33.7. The molecule has 0 N–H and O–H groups in total. The zero-order valence-corrected chi connectivity index (χ0v) is 32.9. The van der Waals surface area contributed by atoms with E-state index in [1.165, 1.54) is 85.8 Å². The number of fused-ring (bicyclic) bond motifs is 9. The van der Waals surface area contributed by atoms with Crippen molar-refractivity contribution in [2.75, 3.05) is 4.90 Å². The van der Waals surface area contributed by atoms with Gasteiger partial charge in [-0.2, -0.15) is 0 Å². The molecule has 0 saturated heterocycles. The quantitative estimate of drug-likeness (QED) is 0.153. The lowest BCUT2D eigenvalue weighted by Crippen LogP contribution is -2.10. The third kappa shape index (κ3) is 5.40. The van der Waals surface area contributed by atoms with Gasteiger partial charge in [0.05, 0.1) is 16.7 Å². The smallest absolute Gasteiger partial charge is 0.0555 e. The molecule has 2 aromatic heterocycles. The van der Waals surface area contributed by atoms with E-state index < -0.39 is 0 Å². The van der Waals surface area contributed by atoms with Gasteiger partial charge in [-0.25, -0.2) is 0 Å². The molecule has 276 valence electrons. The van der Waals surface area contributed by atoms with Gasteiger partial charge in [0.1, 0.15) is 0 Å². The van der Waals surface area contributed by atoms with Crippen molar-refractivity contribution in [3.63, 3.8) is 0 Å². The molecular formula is C56H36N2S. The summed E-state index contributed by atoms with van der Waals surface area (Å²) in [5.41, 5.74) is 11.8. The van der Waals surface area contributed by atoms with Crippen molar-refractivity contribution in [1.29, 1.82) is 0 Å². The maximum Gasteiger partial charge on any atom is 0.0555 e. The molecule has 3 heteroatoms. The zero-order chi connectivity index (χ0) is 38.9. The third-order valence-corrected chi connectivity index (χ3v) is 13.2. The van der Waals surface area contributed by atoms with E-state index in [4.69, 9.17) is 0 Å². The molecule has 0 aliphatic heterocycles. The van der Waals surface area contributed by atoms with Gasteiger partial charge < -0.3 is 9.47 Å². The van der Waals surface area contributed by atoms with Gasteiger partial charge >= 0.3 is 0 Å². The average Bonchev–Trinajstić information content (AvgIpc) is 3.86. The molecule has 0 aliphatic rings. The van der Waals surface area contributed by atoms with Crippen LogP contribution in [-0.2, 0) is 0 Å². The Kier molecular flexibility index (Phi) is 7.75. The Labute approximate surface area is 346 Å². The van der Waals surface area contributed by atoms with E-state index in [0.717, 1.165) is 22.7 Å². The van der Waals surface area contributed by atoms with Crippen LogP contribution in [-0.4, -0.2) is 4.57 Å². The molecule has 12 aromatic rings. The number of hydrogen-bond acceptors (Lipinski definition) is 2. The standard InChI is InChI=1S/C56H36N2S/c1-2-18-40(19-3-1)57(41-20-12-16-38(35-41)44-26-14-27-46-43-22-5-4-15-37(43)31-32-47(44)46)53-34-33-45(56-55(53)50-25-8-11-30-54(50)59-56)39-17-13-21-42(36-39)58-51-28-9-6-23-48(51)49-24-7-10-29-52(49)58/h1-36H. The van der Waals surface area contributed by atoms with Crippen molar-refractivity contribution < 1.29 is 0 Å². The minimum Gasteiger partial charge on any atom is -0.310 e. The van der Waals surface area contributed by atoms with Crippen molar-refractivity contribution >= 4 is 91.9 Å². The molecule has 10 aromatic carbocycles. The Morgan fingerprint density at radius 3 is 1.81 bits per heavy atom. The zero-order valence-electron chi connectivity index (χ0n) is 32.1. The minimum atomic E-state index is 1.11. The summed E-state index contributed by atoms with van der Waals surface area (Å²) in [4.78, 5) is 2.45. The van der Waals surface area contributed by atoms with Crippen LogP contribution in [0.4, 0.5) is 17.1 Å². The Balaban J connectivity index is 1.06. The van der Waals surface area contributed by atoms with Gasteiger partial charge in [0, 0.05) is 48.0 Å². The number of rotatable bonds is 6. The summed E-state index contributed by atoms with van der Waals surface area (Å²) < 4.78 is 4.97. The largest absolute Gasteiger partial charge is 0.310 e. The second-order valence-electron chi connectivity index (χ2n) is 15.3. The molecule has 0 bridgehead atoms. The minimum absolute atomic E-state index is 1.11. The molecule has 0 unspecified atom stereocenters. The molecule has 0 amide bonds. The Hall–Kier alpha value is -7.46. The van der Waals surface area contributed by atoms with E-state index in [0.29, 0.717) is 0 Å². The number of benzene rings is 10. The summed E-state index contributed by atoms with van der Waals surface area (Å²) in [7, 11) is 0. The summed E-state index contributed by atoms with van der Waals surface area (Å²) in [5.74, 6) is 0. The van der Waals surface area contributed by atoms with E-state index in [1.54, 1.807) is 0 Å². The number of hydrogen-bond donors (Lipinski definition) is 0. The molecule has 2 nitrogen and oxygen atoms in total. The molecular weight excluding hydrogens is 733 g/mol. The maximum absolute atomic E-state index is 2.45.